The molecule has 0 aromatic heterocycles. The van der Waals surface area contributed by atoms with Gasteiger partial charge in [0, 0.05) is 36.3 Å². The average Bonchev–Trinajstić information content (AvgIpc) is 2.43. The lowest BCUT2D eigenvalue weighted by molar-refractivity contribution is 0.188. The molecule has 5 nitrogen and oxygen atoms in total. The van der Waals surface area contributed by atoms with Crippen molar-refractivity contribution in [2.45, 2.75) is 18.2 Å². The van der Waals surface area contributed by atoms with Crippen molar-refractivity contribution < 1.29 is 8.42 Å². The molecule has 2 rings (SSSR count). The van der Waals surface area contributed by atoms with Gasteiger partial charge in [-0.05, 0) is 47.1 Å². The molecule has 20 heavy (non-hydrogen) atoms. The Balaban J connectivity index is 2.13. The Morgan fingerprint density at radius 1 is 1.25 bits per heavy atom. The summed E-state index contributed by atoms with van der Waals surface area (Å²) < 4.78 is 27.4. The Labute approximate surface area is 128 Å². The molecule has 0 radical (unpaired) electrons. The maximum atomic E-state index is 12.6. The van der Waals surface area contributed by atoms with E-state index in [1.807, 2.05) is 0 Å². The number of nitrogens with two attached hydrogens (primary N) is 1. The Hall–Kier alpha value is -0.630. The van der Waals surface area contributed by atoms with E-state index in [-0.39, 0.29) is 4.90 Å². The van der Waals surface area contributed by atoms with Gasteiger partial charge in [-0.2, -0.15) is 4.31 Å². The van der Waals surface area contributed by atoms with E-state index in [9.17, 15) is 8.42 Å². The molecule has 7 heteroatoms. The molecule has 0 unspecified atom stereocenters. The standard InChI is InChI=1S/C13H20BrN3O2S/c1-2-5-16-6-8-17(9-7-16)20(18,19)11-3-4-12(14)13(15)10-11/h3-4,10H,2,5-9,15H2,1H3. The van der Waals surface area contributed by atoms with Gasteiger partial charge in [0.2, 0.25) is 10.0 Å². The fraction of sp³-hybridized carbons (Fsp3) is 0.538. The minimum Gasteiger partial charge on any atom is -0.398 e. The van der Waals surface area contributed by atoms with Gasteiger partial charge in [-0.25, -0.2) is 8.42 Å². The second-order valence-electron chi connectivity index (χ2n) is 4.93. The summed E-state index contributed by atoms with van der Waals surface area (Å²) in [5.41, 5.74) is 6.21. The normalized spacial score (nSPS) is 18.3. The van der Waals surface area contributed by atoms with Crippen molar-refractivity contribution >= 4 is 31.6 Å². The number of nitrogens with zero attached hydrogens (tertiary/aromatic N) is 2. The first-order valence-electron chi connectivity index (χ1n) is 6.72. The van der Waals surface area contributed by atoms with Crippen LogP contribution >= 0.6 is 15.9 Å². The molecule has 1 saturated heterocycles. The number of rotatable bonds is 4. The fourth-order valence-corrected chi connectivity index (χ4v) is 4.05. The Kier molecular flexibility index (Phi) is 5.06. The molecule has 1 aromatic rings. The van der Waals surface area contributed by atoms with Crippen molar-refractivity contribution in [2.75, 3.05) is 38.5 Å². The third-order valence-corrected chi connectivity index (χ3v) is 6.09. The van der Waals surface area contributed by atoms with Crippen molar-refractivity contribution in [1.82, 2.24) is 9.21 Å². The predicted octanol–water partition coefficient (Wildman–Crippen LogP) is 1.75. The highest BCUT2D eigenvalue weighted by Gasteiger charge is 2.28. The lowest BCUT2D eigenvalue weighted by atomic mass is 10.3. The second-order valence-corrected chi connectivity index (χ2v) is 7.72. The van der Waals surface area contributed by atoms with Gasteiger partial charge >= 0.3 is 0 Å². The largest absolute Gasteiger partial charge is 0.398 e. The van der Waals surface area contributed by atoms with Crippen LogP contribution in [0.3, 0.4) is 0 Å². The average molecular weight is 362 g/mol. The van der Waals surface area contributed by atoms with Crippen LogP contribution in [0.4, 0.5) is 5.69 Å². The molecule has 0 atom stereocenters. The van der Waals surface area contributed by atoms with Crippen LogP contribution in [-0.4, -0.2) is 50.3 Å². The fourth-order valence-electron chi connectivity index (χ4n) is 2.34. The zero-order chi connectivity index (χ0) is 14.8. The van der Waals surface area contributed by atoms with Crippen LogP contribution in [-0.2, 0) is 10.0 Å². The maximum absolute atomic E-state index is 12.6. The number of piperazine rings is 1. The molecule has 0 aliphatic carbocycles. The third-order valence-electron chi connectivity index (χ3n) is 3.48. The van der Waals surface area contributed by atoms with Gasteiger partial charge in [0.1, 0.15) is 0 Å². The van der Waals surface area contributed by atoms with Crippen molar-refractivity contribution in [3.8, 4) is 0 Å². The molecule has 1 fully saturated rings. The zero-order valence-corrected chi connectivity index (χ0v) is 14.0. The summed E-state index contributed by atoms with van der Waals surface area (Å²) in [6, 6.07) is 4.78. The van der Waals surface area contributed by atoms with E-state index in [1.54, 1.807) is 16.4 Å². The van der Waals surface area contributed by atoms with Crippen LogP contribution in [0.2, 0.25) is 0 Å². The quantitative estimate of drug-likeness (QED) is 0.829. The van der Waals surface area contributed by atoms with Gasteiger partial charge < -0.3 is 10.6 Å². The SMILES string of the molecule is CCCN1CCN(S(=O)(=O)c2ccc(Br)c(N)c2)CC1. The second kappa shape index (κ2) is 6.43. The summed E-state index contributed by atoms with van der Waals surface area (Å²) in [5.74, 6) is 0. The smallest absolute Gasteiger partial charge is 0.243 e. The molecule has 0 spiro atoms. The number of sulfonamides is 1. The van der Waals surface area contributed by atoms with Crippen LogP contribution in [0.5, 0.6) is 0 Å². The first-order valence-corrected chi connectivity index (χ1v) is 8.96. The monoisotopic (exact) mass is 361 g/mol. The predicted molar refractivity (Wildman–Crippen MR) is 84.0 cm³/mol. The van der Waals surface area contributed by atoms with Gasteiger partial charge in [0.25, 0.3) is 0 Å². The molecule has 2 N–H and O–H groups in total. The molecule has 0 saturated carbocycles. The first kappa shape index (κ1) is 15.8. The van der Waals surface area contributed by atoms with Crippen LogP contribution < -0.4 is 5.73 Å². The number of benzene rings is 1. The highest BCUT2D eigenvalue weighted by Crippen LogP contribution is 2.25. The maximum Gasteiger partial charge on any atom is 0.243 e. The third kappa shape index (κ3) is 3.33. The molecule has 1 heterocycles. The lowest BCUT2D eigenvalue weighted by Crippen LogP contribution is -2.48. The van der Waals surface area contributed by atoms with Crippen molar-refractivity contribution in [2.24, 2.45) is 0 Å². The van der Waals surface area contributed by atoms with E-state index in [0.29, 0.717) is 23.2 Å². The van der Waals surface area contributed by atoms with Gasteiger partial charge in [-0.3, -0.25) is 0 Å². The van der Waals surface area contributed by atoms with Crippen molar-refractivity contribution in [1.29, 1.82) is 0 Å². The molecular formula is C13H20BrN3O2S. The minimum atomic E-state index is -3.43. The first-order chi connectivity index (χ1) is 9.45. The zero-order valence-electron chi connectivity index (χ0n) is 11.5. The van der Waals surface area contributed by atoms with Gasteiger partial charge in [0.05, 0.1) is 4.90 Å². The lowest BCUT2D eigenvalue weighted by Gasteiger charge is -2.33. The molecule has 1 aromatic carbocycles. The molecular weight excluding hydrogens is 342 g/mol. The van der Waals surface area contributed by atoms with E-state index < -0.39 is 10.0 Å². The number of halogens is 1. The highest BCUT2D eigenvalue weighted by atomic mass is 79.9. The Bertz CT molecular complexity index is 569. The summed E-state index contributed by atoms with van der Waals surface area (Å²) in [6.45, 7) is 5.82. The summed E-state index contributed by atoms with van der Waals surface area (Å²) in [4.78, 5) is 2.56. The minimum absolute atomic E-state index is 0.266. The van der Waals surface area contributed by atoms with Crippen molar-refractivity contribution in [3.63, 3.8) is 0 Å². The van der Waals surface area contributed by atoms with Crippen LogP contribution in [0.15, 0.2) is 27.6 Å². The van der Waals surface area contributed by atoms with E-state index >= 15 is 0 Å². The Morgan fingerprint density at radius 3 is 2.45 bits per heavy atom. The van der Waals surface area contributed by atoms with Gasteiger partial charge in [-0.15, -0.1) is 0 Å². The molecule has 1 aliphatic heterocycles. The molecule has 0 amide bonds. The summed E-state index contributed by atoms with van der Waals surface area (Å²) in [7, 11) is -3.43. The summed E-state index contributed by atoms with van der Waals surface area (Å²) >= 11 is 3.28. The number of nitrogen functional groups attached to an aromatic ring is 1. The summed E-state index contributed by atoms with van der Waals surface area (Å²) in [6.07, 6.45) is 1.09. The van der Waals surface area contributed by atoms with Crippen LogP contribution in [0.1, 0.15) is 13.3 Å². The number of hydrogen-bond donors (Lipinski definition) is 1. The highest BCUT2D eigenvalue weighted by molar-refractivity contribution is 9.10. The number of anilines is 1. The van der Waals surface area contributed by atoms with Crippen molar-refractivity contribution in [3.05, 3.63) is 22.7 Å². The van der Waals surface area contributed by atoms with E-state index in [1.165, 1.54) is 6.07 Å². The van der Waals surface area contributed by atoms with Crippen LogP contribution in [0, 0.1) is 0 Å². The summed E-state index contributed by atoms with van der Waals surface area (Å²) in [5, 5.41) is 0. The van der Waals surface area contributed by atoms with Crippen LogP contribution in [0.25, 0.3) is 0 Å². The Morgan fingerprint density at radius 2 is 1.90 bits per heavy atom. The molecule has 1 aliphatic rings. The van der Waals surface area contributed by atoms with Gasteiger partial charge in [0.15, 0.2) is 0 Å². The number of hydrogen-bond acceptors (Lipinski definition) is 4. The van der Waals surface area contributed by atoms with E-state index in [4.69, 9.17) is 5.73 Å². The van der Waals surface area contributed by atoms with E-state index in [0.717, 1.165) is 26.1 Å². The van der Waals surface area contributed by atoms with E-state index in [2.05, 4.69) is 27.8 Å². The topological polar surface area (TPSA) is 66.6 Å². The molecule has 0 bridgehead atoms. The molecule has 112 valence electrons. The van der Waals surface area contributed by atoms with Gasteiger partial charge in [-0.1, -0.05) is 6.92 Å².